The second kappa shape index (κ2) is 12.4. The molecule has 0 bridgehead atoms. The third kappa shape index (κ3) is 6.99. The number of furan rings is 1. The van der Waals surface area contributed by atoms with Crippen molar-refractivity contribution in [2.24, 2.45) is 11.8 Å². The number of likely N-dealkylation sites (tertiary alicyclic amines) is 1. The largest absolute Gasteiger partial charge is 0.497 e. The smallest absolute Gasteiger partial charge is 0.303 e. The Morgan fingerprint density at radius 1 is 1.31 bits per heavy atom. The van der Waals surface area contributed by atoms with Crippen molar-refractivity contribution in [2.75, 3.05) is 32.5 Å². The summed E-state index contributed by atoms with van der Waals surface area (Å²) in [5.74, 6) is 1.39. The van der Waals surface area contributed by atoms with Crippen molar-refractivity contribution in [1.29, 1.82) is 0 Å². The van der Waals surface area contributed by atoms with Gasteiger partial charge in [0.1, 0.15) is 12.0 Å². The van der Waals surface area contributed by atoms with Crippen molar-refractivity contribution in [3.63, 3.8) is 0 Å². The molecule has 1 aliphatic heterocycles. The van der Waals surface area contributed by atoms with Crippen LogP contribution in [0.4, 0.5) is 0 Å². The first-order chi connectivity index (χ1) is 17.0. The monoisotopic (exact) mass is 498 g/mol. The molecular formula is C27H34N2O5S. The molecule has 1 aromatic carbocycles. The number of hydrogen-bond donors (Lipinski definition) is 2. The molecule has 7 nitrogen and oxygen atoms in total. The first kappa shape index (κ1) is 25.5. The van der Waals surface area contributed by atoms with Crippen LogP contribution < -0.4 is 4.74 Å². The number of carboxylic acids is 1. The Labute approximate surface area is 210 Å². The Hall–Kier alpha value is -2.55. The average Bonchev–Trinajstić information content (AvgIpc) is 3.38. The number of hydrogen-bond acceptors (Lipinski definition) is 7. The zero-order valence-electron chi connectivity index (χ0n) is 20.1. The number of carboxylic acid groups (broad SMARTS) is 1. The lowest BCUT2D eigenvalue weighted by molar-refractivity contribution is -0.139. The van der Waals surface area contributed by atoms with Gasteiger partial charge in [-0.1, -0.05) is 0 Å². The molecule has 4 rings (SSSR count). The first-order valence-corrected chi connectivity index (χ1v) is 13.2. The van der Waals surface area contributed by atoms with E-state index < -0.39 is 12.1 Å². The minimum absolute atomic E-state index is 0.101. The molecule has 1 saturated heterocycles. The highest BCUT2D eigenvalue weighted by atomic mass is 32.2. The van der Waals surface area contributed by atoms with Gasteiger partial charge >= 0.3 is 5.97 Å². The van der Waals surface area contributed by atoms with E-state index in [9.17, 15) is 15.0 Å². The second-order valence-electron chi connectivity index (χ2n) is 9.24. The summed E-state index contributed by atoms with van der Waals surface area (Å²) < 4.78 is 10.5. The number of carbonyl (C=O) groups is 1. The molecule has 1 unspecified atom stereocenters. The molecule has 2 aromatic heterocycles. The SMILES string of the molecule is COc1ccc2nccc(C(O)CC[C@@H]3CCN(CCCSc4ccoc4)C[C@@H]3CC(=O)O)c2c1. The van der Waals surface area contributed by atoms with Gasteiger partial charge in [0.2, 0.25) is 0 Å². The molecule has 35 heavy (non-hydrogen) atoms. The lowest BCUT2D eigenvalue weighted by Crippen LogP contribution is -2.42. The zero-order valence-corrected chi connectivity index (χ0v) is 21.0. The summed E-state index contributed by atoms with van der Waals surface area (Å²) in [7, 11) is 1.63. The number of aliphatic carboxylic acids is 1. The maximum Gasteiger partial charge on any atom is 0.303 e. The summed E-state index contributed by atoms with van der Waals surface area (Å²) in [6.45, 7) is 2.75. The molecule has 1 aliphatic rings. The highest BCUT2D eigenvalue weighted by molar-refractivity contribution is 7.99. The summed E-state index contributed by atoms with van der Waals surface area (Å²) in [5.41, 5.74) is 1.67. The summed E-state index contributed by atoms with van der Waals surface area (Å²) in [5, 5.41) is 21.5. The fourth-order valence-electron chi connectivity index (χ4n) is 5.10. The van der Waals surface area contributed by atoms with Gasteiger partial charge in [-0.05, 0) is 92.3 Å². The van der Waals surface area contributed by atoms with Crippen LogP contribution in [0.2, 0.25) is 0 Å². The van der Waals surface area contributed by atoms with E-state index in [1.165, 1.54) is 0 Å². The Morgan fingerprint density at radius 2 is 2.20 bits per heavy atom. The molecule has 8 heteroatoms. The summed E-state index contributed by atoms with van der Waals surface area (Å²) in [6.07, 6.45) is 8.14. The van der Waals surface area contributed by atoms with Gasteiger partial charge in [0.05, 0.1) is 25.0 Å². The molecule has 1 fully saturated rings. The number of benzene rings is 1. The van der Waals surface area contributed by atoms with Gasteiger partial charge in [-0.25, -0.2) is 0 Å². The molecule has 0 amide bonds. The number of ether oxygens (including phenoxy) is 1. The van der Waals surface area contributed by atoms with E-state index in [2.05, 4.69) is 9.88 Å². The molecule has 0 aliphatic carbocycles. The maximum absolute atomic E-state index is 11.6. The number of pyridine rings is 1. The summed E-state index contributed by atoms with van der Waals surface area (Å²) in [4.78, 5) is 19.5. The summed E-state index contributed by atoms with van der Waals surface area (Å²) in [6, 6.07) is 9.52. The molecule has 0 radical (unpaired) electrons. The maximum atomic E-state index is 11.6. The molecule has 3 aromatic rings. The van der Waals surface area contributed by atoms with Gasteiger partial charge in [-0.3, -0.25) is 9.78 Å². The fourth-order valence-corrected chi connectivity index (χ4v) is 5.88. The van der Waals surface area contributed by atoms with E-state index in [0.29, 0.717) is 12.3 Å². The van der Waals surface area contributed by atoms with Gasteiger partial charge in [-0.2, -0.15) is 0 Å². The Balaban J connectivity index is 1.32. The predicted octanol–water partition coefficient (Wildman–Crippen LogP) is 5.25. The molecule has 0 saturated carbocycles. The Kier molecular flexibility index (Phi) is 9.06. The van der Waals surface area contributed by atoms with Crippen molar-refractivity contribution >= 4 is 28.6 Å². The number of methoxy groups -OCH3 is 1. The molecule has 188 valence electrons. The van der Waals surface area contributed by atoms with E-state index in [-0.39, 0.29) is 12.3 Å². The number of fused-ring (bicyclic) bond motifs is 1. The topological polar surface area (TPSA) is 96.0 Å². The van der Waals surface area contributed by atoms with E-state index in [1.807, 2.05) is 30.3 Å². The zero-order chi connectivity index (χ0) is 24.6. The molecule has 2 N–H and O–H groups in total. The second-order valence-corrected chi connectivity index (χ2v) is 10.4. The highest BCUT2D eigenvalue weighted by Crippen LogP contribution is 2.35. The minimum atomic E-state index is -0.745. The first-order valence-electron chi connectivity index (χ1n) is 12.2. The third-order valence-corrected chi connectivity index (χ3v) is 8.01. The number of aromatic nitrogens is 1. The van der Waals surface area contributed by atoms with Gasteiger partial charge in [0.15, 0.2) is 0 Å². The van der Waals surface area contributed by atoms with Gasteiger partial charge < -0.3 is 24.3 Å². The minimum Gasteiger partial charge on any atom is -0.497 e. The number of aliphatic hydroxyl groups excluding tert-OH is 1. The van der Waals surface area contributed by atoms with E-state index in [1.54, 1.807) is 37.6 Å². The number of rotatable bonds is 12. The standard InChI is InChI=1S/C27H34N2O5S/c1-33-21-4-5-25-24(16-21)23(7-10-28-25)26(30)6-3-19-8-12-29(17-20(19)15-27(31)32)11-2-14-35-22-9-13-34-18-22/h4-5,7,9-10,13,16,18-20,26,30H,2-3,6,8,11-12,14-15,17H2,1H3,(H,31,32)/t19-,20+,26?/m1/s1. The van der Waals surface area contributed by atoms with Crippen LogP contribution in [0.25, 0.3) is 10.9 Å². The van der Waals surface area contributed by atoms with E-state index >= 15 is 0 Å². The fraction of sp³-hybridized carbons (Fsp3) is 0.481. The molecule has 3 heterocycles. The van der Waals surface area contributed by atoms with Crippen LogP contribution in [0, 0.1) is 11.8 Å². The Morgan fingerprint density at radius 3 is 2.97 bits per heavy atom. The lowest BCUT2D eigenvalue weighted by Gasteiger charge is -2.38. The van der Waals surface area contributed by atoms with Gasteiger partial charge in [0.25, 0.3) is 0 Å². The van der Waals surface area contributed by atoms with Crippen molar-refractivity contribution in [3.05, 3.63) is 54.6 Å². The van der Waals surface area contributed by atoms with E-state index in [0.717, 1.165) is 71.8 Å². The third-order valence-electron chi connectivity index (χ3n) is 6.95. The average molecular weight is 499 g/mol. The summed E-state index contributed by atoms with van der Waals surface area (Å²) >= 11 is 1.79. The van der Waals surface area contributed by atoms with Crippen LogP contribution in [-0.4, -0.2) is 58.6 Å². The van der Waals surface area contributed by atoms with Crippen LogP contribution >= 0.6 is 11.8 Å². The van der Waals surface area contributed by atoms with Gasteiger partial charge in [-0.15, -0.1) is 11.8 Å². The van der Waals surface area contributed by atoms with E-state index in [4.69, 9.17) is 9.15 Å². The normalized spacial score (nSPS) is 19.6. The van der Waals surface area contributed by atoms with Crippen molar-refractivity contribution in [1.82, 2.24) is 9.88 Å². The van der Waals surface area contributed by atoms with Crippen molar-refractivity contribution < 1.29 is 24.2 Å². The molecule has 3 atom stereocenters. The van der Waals surface area contributed by atoms with Crippen LogP contribution in [0.15, 0.2) is 58.4 Å². The van der Waals surface area contributed by atoms with Crippen LogP contribution in [0.5, 0.6) is 5.75 Å². The number of nitrogens with zero attached hydrogens (tertiary/aromatic N) is 2. The highest BCUT2D eigenvalue weighted by Gasteiger charge is 2.31. The van der Waals surface area contributed by atoms with Crippen molar-refractivity contribution in [2.45, 2.75) is 43.1 Å². The van der Waals surface area contributed by atoms with Crippen molar-refractivity contribution in [3.8, 4) is 5.75 Å². The van der Waals surface area contributed by atoms with Gasteiger partial charge in [0, 0.05) is 29.4 Å². The number of aliphatic hydroxyl groups is 1. The van der Waals surface area contributed by atoms with Crippen LogP contribution in [0.1, 0.15) is 43.8 Å². The molecule has 0 spiro atoms. The predicted molar refractivity (Wildman–Crippen MR) is 137 cm³/mol. The molecular weight excluding hydrogens is 464 g/mol. The number of piperidine rings is 1. The number of thioether (sulfide) groups is 1. The quantitative estimate of drug-likeness (QED) is 0.258. The Bertz CT molecular complexity index is 1090. The lowest BCUT2D eigenvalue weighted by atomic mass is 9.79. The van der Waals surface area contributed by atoms with Crippen LogP contribution in [0.3, 0.4) is 0 Å². The van der Waals surface area contributed by atoms with Crippen LogP contribution in [-0.2, 0) is 4.79 Å².